The first-order valence-electron chi connectivity index (χ1n) is 5.49. The lowest BCUT2D eigenvalue weighted by Crippen LogP contribution is -2.43. The highest BCUT2D eigenvalue weighted by Gasteiger charge is 2.25. The monoisotopic (exact) mass is 257 g/mol. The first kappa shape index (κ1) is 14.2. The number of aliphatic hydroxyl groups is 1. The number of aryl methyl sites for hydroxylation is 2. The van der Waals surface area contributed by atoms with Gasteiger partial charge in [-0.1, -0.05) is 0 Å². The van der Waals surface area contributed by atoms with Gasteiger partial charge in [-0.05, 0) is 31.7 Å². The highest BCUT2D eigenvalue weighted by molar-refractivity contribution is 7.10. The summed E-state index contributed by atoms with van der Waals surface area (Å²) in [5.74, 6) is -0.292. The molecule has 1 atom stereocenters. The summed E-state index contributed by atoms with van der Waals surface area (Å²) >= 11 is 1.61. The fourth-order valence-electron chi connectivity index (χ4n) is 1.91. The molecule has 1 aromatic rings. The van der Waals surface area contributed by atoms with Gasteiger partial charge in [0.05, 0.1) is 18.3 Å². The van der Waals surface area contributed by atoms with Crippen LogP contribution in [0.15, 0.2) is 5.38 Å². The number of thiophene rings is 1. The van der Waals surface area contributed by atoms with Crippen molar-refractivity contribution in [1.82, 2.24) is 0 Å². The van der Waals surface area contributed by atoms with Crippen molar-refractivity contribution in [3.63, 3.8) is 0 Å². The van der Waals surface area contributed by atoms with E-state index in [0.29, 0.717) is 6.61 Å². The summed E-state index contributed by atoms with van der Waals surface area (Å²) < 4.78 is 5.08. The van der Waals surface area contributed by atoms with E-state index in [2.05, 4.69) is 0 Å². The second kappa shape index (κ2) is 6.14. The molecule has 1 heterocycles. The number of rotatable bonds is 5. The molecular weight excluding hydrogens is 238 g/mol. The Morgan fingerprint density at radius 1 is 1.59 bits per heavy atom. The highest BCUT2D eigenvalue weighted by atomic mass is 32.1. The molecule has 0 aliphatic rings. The van der Waals surface area contributed by atoms with Crippen LogP contribution in [-0.2, 0) is 9.53 Å². The van der Waals surface area contributed by atoms with Gasteiger partial charge in [0.2, 0.25) is 0 Å². The van der Waals surface area contributed by atoms with Gasteiger partial charge in [-0.25, -0.2) is 0 Å². The van der Waals surface area contributed by atoms with Crippen molar-refractivity contribution in [2.75, 3.05) is 25.2 Å². The van der Waals surface area contributed by atoms with Gasteiger partial charge in [0.15, 0.2) is 0 Å². The lowest BCUT2D eigenvalue weighted by molar-refractivity contribution is -0.121. The van der Waals surface area contributed by atoms with Crippen molar-refractivity contribution in [3.05, 3.63) is 15.8 Å². The standard InChI is InChI=1S/C12H19NO3S/c1-8-7-17-10(3)12(8)13(11(15)5-14)9(2)6-16-4/h7,9,14H,5-6H2,1-4H3. The summed E-state index contributed by atoms with van der Waals surface area (Å²) in [7, 11) is 1.60. The molecule has 96 valence electrons. The SMILES string of the molecule is COCC(C)N(C(=O)CO)c1c(C)csc1C. The molecule has 5 heteroatoms. The lowest BCUT2D eigenvalue weighted by Gasteiger charge is -2.29. The minimum Gasteiger partial charge on any atom is -0.387 e. The maximum Gasteiger partial charge on any atom is 0.253 e. The van der Waals surface area contributed by atoms with Gasteiger partial charge in [0.25, 0.3) is 5.91 Å². The van der Waals surface area contributed by atoms with Gasteiger partial charge in [0, 0.05) is 12.0 Å². The van der Waals surface area contributed by atoms with Crippen LogP contribution in [0.25, 0.3) is 0 Å². The second-order valence-corrected chi connectivity index (χ2v) is 5.13. The van der Waals surface area contributed by atoms with Crippen LogP contribution in [0.2, 0.25) is 0 Å². The van der Waals surface area contributed by atoms with Crippen LogP contribution in [-0.4, -0.2) is 37.4 Å². The summed E-state index contributed by atoms with van der Waals surface area (Å²) in [4.78, 5) is 14.6. The first-order chi connectivity index (χ1) is 8.02. The molecule has 1 unspecified atom stereocenters. The zero-order chi connectivity index (χ0) is 13.0. The Bertz CT molecular complexity index is 370. The lowest BCUT2D eigenvalue weighted by atomic mass is 10.2. The number of aliphatic hydroxyl groups excluding tert-OH is 1. The molecule has 0 aliphatic heterocycles. The number of nitrogens with zero attached hydrogens (tertiary/aromatic N) is 1. The molecule has 0 spiro atoms. The second-order valence-electron chi connectivity index (χ2n) is 4.05. The van der Waals surface area contributed by atoms with Gasteiger partial charge in [-0.3, -0.25) is 4.79 Å². The molecule has 0 saturated heterocycles. The predicted molar refractivity (Wildman–Crippen MR) is 69.7 cm³/mol. The molecule has 0 aliphatic carbocycles. The summed E-state index contributed by atoms with van der Waals surface area (Å²) in [6.45, 7) is 5.82. The molecule has 1 aromatic heterocycles. The van der Waals surface area contributed by atoms with E-state index < -0.39 is 6.61 Å². The maximum absolute atomic E-state index is 11.9. The van der Waals surface area contributed by atoms with E-state index in [4.69, 9.17) is 9.84 Å². The predicted octanol–water partition coefficient (Wildman–Crippen LogP) is 1.73. The summed E-state index contributed by atoms with van der Waals surface area (Å²) in [6, 6.07) is -0.0911. The normalized spacial score (nSPS) is 12.5. The molecule has 1 amide bonds. The molecule has 4 nitrogen and oxygen atoms in total. The van der Waals surface area contributed by atoms with Gasteiger partial charge in [0.1, 0.15) is 6.61 Å². The number of hydrogen-bond donors (Lipinski definition) is 1. The number of ether oxygens (including phenoxy) is 1. The maximum atomic E-state index is 11.9. The van der Waals surface area contributed by atoms with Crippen molar-refractivity contribution in [3.8, 4) is 0 Å². The van der Waals surface area contributed by atoms with Crippen LogP contribution < -0.4 is 4.90 Å². The topological polar surface area (TPSA) is 49.8 Å². The first-order valence-corrected chi connectivity index (χ1v) is 6.37. The Labute approximate surface area is 106 Å². The van der Waals surface area contributed by atoms with Crippen LogP contribution >= 0.6 is 11.3 Å². The fourth-order valence-corrected chi connectivity index (χ4v) is 2.74. The average Bonchev–Trinajstić information content (AvgIpc) is 2.61. The summed E-state index contributed by atoms with van der Waals surface area (Å²) in [5, 5.41) is 11.1. The minimum absolute atomic E-state index is 0.0911. The van der Waals surface area contributed by atoms with Crippen LogP contribution in [0.1, 0.15) is 17.4 Å². The van der Waals surface area contributed by atoms with Crippen LogP contribution in [0, 0.1) is 13.8 Å². The molecule has 1 N–H and O–H groups in total. The Morgan fingerprint density at radius 2 is 2.24 bits per heavy atom. The summed E-state index contributed by atoms with van der Waals surface area (Å²) in [5.41, 5.74) is 1.95. The zero-order valence-electron chi connectivity index (χ0n) is 10.7. The number of carbonyl (C=O) groups is 1. The van der Waals surface area contributed by atoms with Gasteiger partial charge in [-0.2, -0.15) is 0 Å². The molecule has 0 saturated carbocycles. The van der Waals surface area contributed by atoms with Crippen LogP contribution in [0.5, 0.6) is 0 Å². The van der Waals surface area contributed by atoms with Crippen molar-refractivity contribution in [2.45, 2.75) is 26.8 Å². The largest absolute Gasteiger partial charge is 0.387 e. The van der Waals surface area contributed by atoms with Crippen LogP contribution in [0.4, 0.5) is 5.69 Å². The van der Waals surface area contributed by atoms with Crippen molar-refractivity contribution in [1.29, 1.82) is 0 Å². The Kier molecular flexibility index (Phi) is 5.11. The van der Waals surface area contributed by atoms with Crippen LogP contribution in [0.3, 0.4) is 0 Å². The molecule has 0 fully saturated rings. The van der Waals surface area contributed by atoms with Crippen molar-refractivity contribution in [2.24, 2.45) is 0 Å². The van der Waals surface area contributed by atoms with Crippen molar-refractivity contribution >= 4 is 22.9 Å². The Morgan fingerprint density at radius 3 is 2.65 bits per heavy atom. The number of amides is 1. The molecule has 0 bridgehead atoms. The van der Waals surface area contributed by atoms with Crippen molar-refractivity contribution < 1.29 is 14.6 Å². The van der Waals surface area contributed by atoms with E-state index in [1.165, 1.54) is 0 Å². The van der Waals surface area contributed by atoms with E-state index >= 15 is 0 Å². The third kappa shape index (κ3) is 3.06. The van der Waals surface area contributed by atoms with E-state index in [1.54, 1.807) is 23.3 Å². The third-order valence-electron chi connectivity index (χ3n) is 2.61. The van der Waals surface area contributed by atoms with E-state index in [0.717, 1.165) is 16.1 Å². The molecule has 0 aromatic carbocycles. The Hall–Kier alpha value is -0.910. The number of carbonyl (C=O) groups excluding carboxylic acids is 1. The third-order valence-corrected chi connectivity index (χ3v) is 3.63. The minimum atomic E-state index is -0.483. The molecule has 1 rings (SSSR count). The van der Waals surface area contributed by atoms with E-state index in [9.17, 15) is 4.79 Å². The van der Waals surface area contributed by atoms with Gasteiger partial charge in [-0.15, -0.1) is 11.3 Å². The molecule has 0 radical (unpaired) electrons. The summed E-state index contributed by atoms with van der Waals surface area (Å²) in [6.07, 6.45) is 0. The number of anilines is 1. The smallest absolute Gasteiger partial charge is 0.253 e. The van der Waals surface area contributed by atoms with E-state index in [-0.39, 0.29) is 11.9 Å². The Balaban J connectivity index is 3.10. The zero-order valence-corrected chi connectivity index (χ0v) is 11.5. The average molecular weight is 257 g/mol. The van der Waals surface area contributed by atoms with E-state index in [1.807, 2.05) is 26.2 Å². The number of methoxy groups -OCH3 is 1. The van der Waals surface area contributed by atoms with Gasteiger partial charge < -0.3 is 14.7 Å². The van der Waals surface area contributed by atoms with Gasteiger partial charge >= 0.3 is 0 Å². The highest BCUT2D eigenvalue weighted by Crippen LogP contribution is 2.31. The molecular formula is C12H19NO3S. The quantitative estimate of drug-likeness (QED) is 0.874. The number of hydrogen-bond acceptors (Lipinski definition) is 4. The molecule has 17 heavy (non-hydrogen) atoms. The fraction of sp³-hybridized carbons (Fsp3) is 0.583.